The summed E-state index contributed by atoms with van der Waals surface area (Å²) in [5.41, 5.74) is 12.3. The van der Waals surface area contributed by atoms with Crippen molar-refractivity contribution < 1.29 is 9.47 Å². The molecule has 10 nitrogen and oxygen atoms in total. The third-order valence-electron chi connectivity index (χ3n) is 4.61. The molecule has 0 aliphatic rings. The van der Waals surface area contributed by atoms with Gasteiger partial charge in [0.2, 0.25) is 5.95 Å². The summed E-state index contributed by atoms with van der Waals surface area (Å²) in [5, 5.41) is 13.4. The number of nitrogens with two attached hydrogens (primary N) is 2. The van der Waals surface area contributed by atoms with E-state index < -0.39 is 5.56 Å². The molecule has 2 aromatic carbocycles. The molecule has 0 atom stereocenters. The fraction of sp³-hybridized carbons (Fsp3) is 0.0455. The van der Waals surface area contributed by atoms with E-state index in [0.717, 1.165) is 0 Å². The number of hydrogen-bond donors (Lipinski definition) is 2. The van der Waals surface area contributed by atoms with Crippen molar-refractivity contribution in [2.75, 3.05) is 18.6 Å². The second-order valence-corrected chi connectivity index (χ2v) is 7.02. The van der Waals surface area contributed by atoms with Gasteiger partial charge >= 0.3 is 0 Å². The molecule has 0 aliphatic carbocycles. The first-order valence-electron chi connectivity index (χ1n) is 9.45. The quantitative estimate of drug-likeness (QED) is 0.455. The van der Waals surface area contributed by atoms with Gasteiger partial charge in [0.1, 0.15) is 17.5 Å². The lowest BCUT2D eigenvalue weighted by molar-refractivity contribution is 0.378. The highest BCUT2D eigenvalue weighted by molar-refractivity contribution is 6.31. The summed E-state index contributed by atoms with van der Waals surface area (Å²) >= 11 is 6.28. The molecule has 0 aliphatic heterocycles. The highest BCUT2D eigenvalue weighted by Gasteiger charge is 2.18. The Balaban J connectivity index is 1.72. The van der Waals surface area contributed by atoms with Gasteiger partial charge in [-0.05, 0) is 30.3 Å². The van der Waals surface area contributed by atoms with E-state index in [1.807, 2.05) is 12.1 Å². The molecule has 0 amide bonds. The maximum absolute atomic E-state index is 12.7. The molecule has 0 bridgehead atoms. The molecule has 164 valence electrons. The Morgan fingerprint density at radius 3 is 2.52 bits per heavy atom. The maximum atomic E-state index is 12.7. The van der Waals surface area contributed by atoms with E-state index in [0.29, 0.717) is 11.3 Å². The molecule has 0 fully saturated rings. The minimum absolute atomic E-state index is 0.0314. The lowest BCUT2D eigenvalue weighted by Crippen LogP contribution is -2.21. The van der Waals surface area contributed by atoms with Crippen molar-refractivity contribution >= 4 is 23.4 Å². The molecule has 0 saturated carbocycles. The van der Waals surface area contributed by atoms with Gasteiger partial charge in [0.25, 0.3) is 5.56 Å². The van der Waals surface area contributed by atoms with Crippen molar-refractivity contribution in [2.45, 2.75) is 0 Å². The third-order valence-corrected chi connectivity index (χ3v) is 4.96. The number of anilines is 2. The molecule has 4 rings (SSSR count). The van der Waals surface area contributed by atoms with Gasteiger partial charge in [-0.25, -0.2) is 4.98 Å². The first kappa shape index (κ1) is 21.6. The van der Waals surface area contributed by atoms with Gasteiger partial charge in [-0.1, -0.05) is 29.8 Å². The van der Waals surface area contributed by atoms with E-state index in [4.69, 9.17) is 32.5 Å². The standard InChI is InChI=1S/C22H16ClN7O3/c1-32-16-9-12(19-14(10-24)20(25)29-22(26)28-19)7-8-15(16)33-17-11-27-30(21(31)18(17)23)13-5-3-2-4-6-13/h2-9,11H,1H3,(H4,25,26,28,29). The summed E-state index contributed by atoms with van der Waals surface area (Å²) in [7, 11) is 1.44. The Labute approximate surface area is 192 Å². The Bertz CT molecular complexity index is 1450. The molecule has 0 radical (unpaired) electrons. The minimum Gasteiger partial charge on any atom is -0.493 e. The molecular formula is C22H16ClN7O3. The number of rotatable bonds is 5. The van der Waals surface area contributed by atoms with E-state index in [1.54, 1.807) is 42.5 Å². The summed E-state index contributed by atoms with van der Waals surface area (Å²) < 4.78 is 12.4. The number of aromatic nitrogens is 4. The van der Waals surface area contributed by atoms with Crippen molar-refractivity contribution in [1.82, 2.24) is 19.7 Å². The van der Waals surface area contributed by atoms with Crippen molar-refractivity contribution in [3.63, 3.8) is 0 Å². The summed E-state index contributed by atoms with van der Waals surface area (Å²) in [5.74, 6) is 0.493. The largest absolute Gasteiger partial charge is 0.493 e. The average Bonchev–Trinajstić information content (AvgIpc) is 2.82. The van der Waals surface area contributed by atoms with Crippen LogP contribution in [0.1, 0.15) is 5.56 Å². The van der Waals surface area contributed by atoms with E-state index in [1.165, 1.54) is 18.0 Å². The molecule has 33 heavy (non-hydrogen) atoms. The molecule has 2 heterocycles. The third kappa shape index (κ3) is 4.13. The monoisotopic (exact) mass is 461 g/mol. The topological polar surface area (TPSA) is 155 Å². The molecular weight excluding hydrogens is 446 g/mol. The number of nitriles is 1. The average molecular weight is 462 g/mol. The summed E-state index contributed by atoms with van der Waals surface area (Å²) in [4.78, 5) is 20.6. The van der Waals surface area contributed by atoms with Crippen LogP contribution in [0.15, 0.2) is 59.5 Å². The first-order chi connectivity index (χ1) is 15.9. The number of nitrogen functional groups attached to an aromatic ring is 2. The molecule has 0 saturated heterocycles. The Morgan fingerprint density at radius 2 is 1.82 bits per heavy atom. The van der Waals surface area contributed by atoms with Crippen LogP contribution in [0, 0.1) is 11.3 Å². The second kappa shape index (κ2) is 8.86. The van der Waals surface area contributed by atoms with Crippen LogP contribution in [-0.2, 0) is 0 Å². The number of halogens is 1. The van der Waals surface area contributed by atoms with Crippen molar-refractivity contribution in [1.29, 1.82) is 5.26 Å². The van der Waals surface area contributed by atoms with Gasteiger partial charge in [-0.15, -0.1) is 0 Å². The first-order valence-corrected chi connectivity index (χ1v) is 9.83. The fourth-order valence-electron chi connectivity index (χ4n) is 3.07. The number of hydrogen-bond acceptors (Lipinski definition) is 9. The molecule has 2 aromatic heterocycles. The Morgan fingerprint density at radius 1 is 1.06 bits per heavy atom. The summed E-state index contributed by atoms with van der Waals surface area (Å²) in [6, 6.07) is 15.6. The lowest BCUT2D eigenvalue weighted by Gasteiger charge is -2.14. The molecule has 4 aromatic rings. The molecule has 0 spiro atoms. The molecule has 11 heteroatoms. The Kier molecular flexibility index (Phi) is 5.80. The Hall–Kier alpha value is -4.62. The second-order valence-electron chi connectivity index (χ2n) is 6.65. The highest BCUT2D eigenvalue weighted by Crippen LogP contribution is 2.37. The fourth-order valence-corrected chi connectivity index (χ4v) is 3.24. The highest BCUT2D eigenvalue weighted by atomic mass is 35.5. The SMILES string of the molecule is COc1cc(-c2nc(N)nc(N)c2C#N)ccc1Oc1cnn(-c2ccccc2)c(=O)c1Cl. The van der Waals surface area contributed by atoms with Gasteiger partial charge < -0.3 is 20.9 Å². The number of methoxy groups -OCH3 is 1. The normalized spacial score (nSPS) is 10.5. The van der Waals surface area contributed by atoms with Crippen LogP contribution in [0.2, 0.25) is 5.02 Å². The van der Waals surface area contributed by atoms with Crippen LogP contribution in [0.25, 0.3) is 16.9 Å². The van der Waals surface area contributed by atoms with Crippen molar-refractivity contribution in [3.05, 3.63) is 75.7 Å². The summed E-state index contributed by atoms with van der Waals surface area (Å²) in [6.45, 7) is 0. The number of ether oxygens (including phenoxy) is 2. The van der Waals surface area contributed by atoms with Gasteiger partial charge in [-0.3, -0.25) is 4.79 Å². The summed E-state index contributed by atoms with van der Waals surface area (Å²) in [6.07, 6.45) is 1.34. The van der Waals surface area contributed by atoms with Crippen molar-refractivity contribution in [2.24, 2.45) is 0 Å². The van der Waals surface area contributed by atoms with Crippen LogP contribution < -0.4 is 26.5 Å². The van der Waals surface area contributed by atoms with Crippen LogP contribution >= 0.6 is 11.6 Å². The maximum Gasteiger partial charge on any atom is 0.294 e. The minimum atomic E-state index is -0.540. The predicted octanol–water partition coefficient (Wildman–Crippen LogP) is 3.18. The van der Waals surface area contributed by atoms with Gasteiger partial charge in [-0.2, -0.15) is 20.0 Å². The lowest BCUT2D eigenvalue weighted by atomic mass is 10.1. The molecule has 4 N–H and O–H groups in total. The van der Waals surface area contributed by atoms with Crippen LogP contribution in [0.4, 0.5) is 11.8 Å². The van der Waals surface area contributed by atoms with E-state index in [9.17, 15) is 10.1 Å². The van der Waals surface area contributed by atoms with Gasteiger partial charge in [0, 0.05) is 5.56 Å². The predicted molar refractivity (Wildman–Crippen MR) is 122 cm³/mol. The zero-order valence-corrected chi connectivity index (χ0v) is 17.9. The number of benzene rings is 2. The van der Waals surface area contributed by atoms with Crippen molar-refractivity contribution in [3.8, 4) is 40.3 Å². The zero-order chi connectivity index (χ0) is 23.5. The van der Waals surface area contributed by atoms with Crippen LogP contribution in [0.5, 0.6) is 17.2 Å². The molecule has 0 unspecified atom stereocenters. The number of para-hydroxylation sites is 1. The number of nitrogens with zero attached hydrogens (tertiary/aromatic N) is 5. The van der Waals surface area contributed by atoms with E-state index >= 15 is 0 Å². The van der Waals surface area contributed by atoms with Gasteiger partial charge in [0.15, 0.2) is 22.3 Å². The zero-order valence-electron chi connectivity index (χ0n) is 17.2. The van der Waals surface area contributed by atoms with Crippen LogP contribution in [0.3, 0.4) is 0 Å². The van der Waals surface area contributed by atoms with E-state index in [-0.39, 0.29) is 45.3 Å². The van der Waals surface area contributed by atoms with Crippen LogP contribution in [-0.4, -0.2) is 26.9 Å². The van der Waals surface area contributed by atoms with E-state index in [2.05, 4.69) is 15.1 Å². The van der Waals surface area contributed by atoms with Gasteiger partial charge in [0.05, 0.1) is 24.7 Å². The smallest absolute Gasteiger partial charge is 0.294 e.